The summed E-state index contributed by atoms with van der Waals surface area (Å²) in [6.07, 6.45) is 0. The van der Waals surface area contributed by atoms with Gasteiger partial charge in [-0.2, -0.15) is 0 Å². The number of halogens is 1. The van der Waals surface area contributed by atoms with Gasteiger partial charge in [0.15, 0.2) is 5.13 Å². The second kappa shape index (κ2) is 5.22. The normalized spacial score (nSPS) is 15.9. The van der Waals surface area contributed by atoms with Crippen LogP contribution in [0.3, 0.4) is 0 Å². The SMILES string of the molecule is CC(=O)N1CCN(c2nc3c(C)c(Cl)ccc3s2)CC1. The van der Waals surface area contributed by atoms with Crippen LogP contribution in [-0.2, 0) is 4.79 Å². The Kier molecular flexibility index (Phi) is 3.56. The molecule has 0 aliphatic carbocycles. The number of benzene rings is 1. The molecule has 0 bridgehead atoms. The molecule has 106 valence electrons. The van der Waals surface area contributed by atoms with E-state index in [1.165, 1.54) is 0 Å². The zero-order valence-electron chi connectivity index (χ0n) is 11.5. The molecule has 0 radical (unpaired) electrons. The molecule has 1 saturated heterocycles. The first-order chi connectivity index (χ1) is 9.56. The molecule has 1 fully saturated rings. The Morgan fingerprint density at radius 1 is 1.30 bits per heavy atom. The number of amides is 1. The number of piperazine rings is 1. The second-order valence-corrected chi connectivity index (χ2v) is 6.42. The smallest absolute Gasteiger partial charge is 0.219 e. The van der Waals surface area contributed by atoms with Crippen molar-refractivity contribution in [2.75, 3.05) is 31.1 Å². The van der Waals surface area contributed by atoms with Gasteiger partial charge in [0.05, 0.1) is 10.2 Å². The first kappa shape index (κ1) is 13.6. The van der Waals surface area contributed by atoms with Gasteiger partial charge in [-0.1, -0.05) is 22.9 Å². The molecule has 0 N–H and O–H groups in total. The van der Waals surface area contributed by atoms with Gasteiger partial charge in [0.25, 0.3) is 0 Å². The van der Waals surface area contributed by atoms with Crippen molar-refractivity contribution in [3.63, 3.8) is 0 Å². The Balaban J connectivity index is 1.85. The number of hydrogen-bond donors (Lipinski definition) is 0. The number of nitrogens with zero attached hydrogens (tertiary/aromatic N) is 3. The number of anilines is 1. The maximum Gasteiger partial charge on any atom is 0.219 e. The Morgan fingerprint density at radius 3 is 2.65 bits per heavy atom. The van der Waals surface area contributed by atoms with Crippen molar-refractivity contribution >= 4 is 44.2 Å². The lowest BCUT2D eigenvalue weighted by Gasteiger charge is -2.33. The molecule has 1 aromatic heterocycles. The van der Waals surface area contributed by atoms with E-state index in [1.807, 2.05) is 24.0 Å². The third-order valence-electron chi connectivity index (χ3n) is 3.73. The molecule has 0 saturated carbocycles. The van der Waals surface area contributed by atoms with Crippen LogP contribution in [-0.4, -0.2) is 42.0 Å². The predicted molar refractivity (Wildman–Crippen MR) is 83.8 cm³/mol. The number of rotatable bonds is 1. The standard InChI is InChI=1S/C14H16ClN3OS/c1-9-11(15)3-4-12-13(9)16-14(20-12)18-7-5-17(6-8-18)10(2)19/h3-4H,5-8H2,1-2H3. The summed E-state index contributed by atoms with van der Waals surface area (Å²) in [6.45, 7) is 6.84. The van der Waals surface area contributed by atoms with Gasteiger partial charge < -0.3 is 9.80 Å². The van der Waals surface area contributed by atoms with Crippen LogP contribution in [0.1, 0.15) is 12.5 Å². The molecule has 1 aliphatic rings. The number of carbonyl (C=O) groups excluding carboxylic acids is 1. The molecule has 1 aliphatic heterocycles. The topological polar surface area (TPSA) is 36.4 Å². The highest BCUT2D eigenvalue weighted by Crippen LogP contribution is 2.33. The molecule has 0 unspecified atom stereocenters. The van der Waals surface area contributed by atoms with Gasteiger partial charge in [-0.15, -0.1) is 0 Å². The van der Waals surface area contributed by atoms with Crippen molar-refractivity contribution < 1.29 is 4.79 Å². The monoisotopic (exact) mass is 309 g/mol. The predicted octanol–water partition coefficient (Wildman–Crippen LogP) is 2.93. The first-order valence-corrected chi connectivity index (χ1v) is 7.82. The van der Waals surface area contributed by atoms with E-state index >= 15 is 0 Å². The highest BCUT2D eigenvalue weighted by molar-refractivity contribution is 7.22. The second-order valence-electron chi connectivity index (χ2n) is 5.01. The number of fused-ring (bicyclic) bond motifs is 1. The van der Waals surface area contributed by atoms with Crippen molar-refractivity contribution in [3.8, 4) is 0 Å². The lowest BCUT2D eigenvalue weighted by Crippen LogP contribution is -2.48. The van der Waals surface area contributed by atoms with Crippen LogP contribution in [0.5, 0.6) is 0 Å². The van der Waals surface area contributed by atoms with Crippen LogP contribution < -0.4 is 4.90 Å². The van der Waals surface area contributed by atoms with Gasteiger partial charge in [-0.3, -0.25) is 4.79 Å². The van der Waals surface area contributed by atoms with Crippen LogP contribution in [0.4, 0.5) is 5.13 Å². The molecular weight excluding hydrogens is 294 g/mol. The Labute approximate surface area is 127 Å². The van der Waals surface area contributed by atoms with E-state index in [1.54, 1.807) is 18.3 Å². The Morgan fingerprint density at radius 2 is 2.00 bits per heavy atom. The zero-order chi connectivity index (χ0) is 14.3. The quantitative estimate of drug-likeness (QED) is 0.812. The van der Waals surface area contributed by atoms with Crippen molar-refractivity contribution in [2.24, 2.45) is 0 Å². The van der Waals surface area contributed by atoms with Gasteiger partial charge >= 0.3 is 0 Å². The maximum absolute atomic E-state index is 11.3. The van der Waals surface area contributed by atoms with Gasteiger partial charge in [0.1, 0.15) is 0 Å². The number of aryl methyl sites for hydroxylation is 1. The number of thiazole rings is 1. The summed E-state index contributed by atoms with van der Waals surface area (Å²) in [6, 6.07) is 3.95. The van der Waals surface area contributed by atoms with E-state index in [4.69, 9.17) is 16.6 Å². The molecular formula is C14H16ClN3OS. The van der Waals surface area contributed by atoms with E-state index in [9.17, 15) is 4.79 Å². The van der Waals surface area contributed by atoms with Crippen LogP contribution in [0.25, 0.3) is 10.2 Å². The van der Waals surface area contributed by atoms with Crippen molar-refractivity contribution in [1.82, 2.24) is 9.88 Å². The van der Waals surface area contributed by atoms with E-state index in [0.29, 0.717) is 0 Å². The molecule has 0 spiro atoms. The average molecular weight is 310 g/mol. The third-order valence-corrected chi connectivity index (χ3v) is 5.22. The minimum atomic E-state index is 0.150. The molecule has 3 rings (SSSR count). The van der Waals surface area contributed by atoms with Crippen LogP contribution in [0.15, 0.2) is 12.1 Å². The fraction of sp³-hybridized carbons (Fsp3) is 0.429. The van der Waals surface area contributed by atoms with Gasteiger partial charge in [-0.25, -0.2) is 4.98 Å². The lowest BCUT2D eigenvalue weighted by atomic mass is 10.2. The summed E-state index contributed by atoms with van der Waals surface area (Å²) in [5.41, 5.74) is 2.03. The molecule has 2 heterocycles. The maximum atomic E-state index is 11.3. The van der Waals surface area contributed by atoms with Crippen LogP contribution in [0.2, 0.25) is 5.02 Å². The average Bonchev–Trinajstić information content (AvgIpc) is 2.88. The molecule has 1 amide bonds. The molecule has 0 atom stereocenters. The molecule has 2 aromatic rings. The fourth-order valence-corrected chi connectivity index (χ4v) is 3.67. The van der Waals surface area contributed by atoms with E-state index < -0.39 is 0 Å². The first-order valence-electron chi connectivity index (χ1n) is 6.62. The number of hydrogen-bond acceptors (Lipinski definition) is 4. The molecule has 1 aromatic carbocycles. The largest absolute Gasteiger partial charge is 0.345 e. The minimum absolute atomic E-state index is 0.150. The summed E-state index contributed by atoms with van der Waals surface area (Å²) < 4.78 is 1.16. The third kappa shape index (κ3) is 2.36. The highest BCUT2D eigenvalue weighted by atomic mass is 35.5. The van der Waals surface area contributed by atoms with Gasteiger partial charge in [0, 0.05) is 38.1 Å². The molecule has 4 nitrogen and oxygen atoms in total. The zero-order valence-corrected chi connectivity index (χ0v) is 13.1. The number of aromatic nitrogens is 1. The van der Waals surface area contributed by atoms with E-state index in [0.717, 1.165) is 52.1 Å². The van der Waals surface area contributed by atoms with Crippen molar-refractivity contribution in [1.29, 1.82) is 0 Å². The molecule has 6 heteroatoms. The summed E-state index contributed by atoms with van der Waals surface area (Å²) in [4.78, 5) is 20.2. The van der Waals surface area contributed by atoms with E-state index in [-0.39, 0.29) is 5.91 Å². The van der Waals surface area contributed by atoms with Crippen LogP contribution in [0, 0.1) is 6.92 Å². The van der Waals surface area contributed by atoms with Crippen LogP contribution >= 0.6 is 22.9 Å². The van der Waals surface area contributed by atoms with Gasteiger partial charge in [0.2, 0.25) is 5.91 Å². The summed E-state index contributed by atoms with van der Waals surface area (Å²) in [5, 5.41) is 1.78. The highest BCUT2D eigenvalue weighted by Gasteiger charge is 2.21. The summed E-state index contributed by atoms with van der Waals surface area (Å²) >= 11 is 7.83. The minimum Gasteiger partial charge on any atom is -0.345 e. The number of carbonyl (C=O) groups is 1. The van der Waals surface area contributed by atoms with Crippen molar-refractivity contribution in [3.05, 3.63) is 22.7 Å². The summed E-state index contributed by atoms with van der Waals surface area (Å²) in [5.74, 6) is 0.150. The van der Waals surface area contributed by atoms with E-state index in [2.05, 4.69) is 4.90 Å². The fourth-order valence-electron chi connectivity index (χ4n) is 2.44. The lowest BCUT2D eigenvalue weighted by molar-refractivity contribution is -0.129. The van der Waals surface area contributed by atoms with Gasteiger partial charge in [-0.05, 0) is 24.6 Å². The Bertz CT molecular complexity index is 662. The summed E-state index contributed by atoms with van der Waals surface area (Å²) in [7, 11) is 0. The Hall–Kier alpha value is -1.33. The van der Waals surface area contributed by atoms with Crippen molar-refractivity contribution in [2.45, 2.75) is 13.8 Å². The molecule has 20 heavy (non-hydrogen) atoms.